The SMILES string of the molecule is O=c1oc2cc(Cl)ccc2c(=O)n1-c1cccc(Cl)c1. The molecule has 0 saturated heterocycles. The minimum absolute atomic E-state index is 0.158. The van der Waals surface area contributed by atoms with E-state index in [0.29, 0.717) is 15.7 Å². The van der Waals surface area contributed by atoms with Gasteiger partial charge in [-0.05, 0) is 30.3 Å². The second kappa shape index (κ2) is 4.81. The molecule has 0 amide bonds. The smallest absolute Gasteiger partial charge is 0.409 e. The Morgan fingerprint density at radius 1 is 0.950 bits per heavy atom. The van der Waals surface area contributed by atoms with Gasteiger partial charge in [-0.1, -0.05) is 29.3 Å². The van der Waals surface area contributed by atoms with Gasteiger partial charge in [0.05, 0.1) is 11.1 Å². The van der Waals surface area contributed by atoms with Crippen molar-refractivity contribution in [3.8, 4) is 5.69 Å². The Balaban J connectivity index is 2.41. The van der Waals surface area contributed by atoms with Crippen LogP contribution in [0.25, 0.3) is 16.7 Å². The molecule has 0 aliphatic rings. The average molecular weight is 308 g/mol. The molecule has 3 rings (SSSR count). The van der Waals surface area contributed by atoms with Gasteiger partial charge in [-0.2, -0.15) is 0 Å². The van der Waals surface area contributed by atoms with E-state index in [1.54, 1.807) is 24.3 Å². The van der Waals surface area contributed by atoms with Crippen molar-refractivity contribution >= 4 is 34.2 Å². The summed E-state index contributed by atoms with van der Waals surface area (Å²) in [6, 6.07) is 10.9. The highest BCUT2D eigenvalue weighted by Crippen LogP contribution is 2.17. The summed E-state index contributed by atoms with van der Waals surface area (Å²) in [5.74, 6) is -0.785. The normalized spacial score (nSPS) is 10.9. The number of hydrogen-bond acceptors (Lipinski definition) is 3. The van der Waals surface area contributed by atoms with Crippen LogP contribution in [0, 0.1) is 0 Å². The molecule has 0 unspecified atom stereocenters. The van der Waals surface area contributed by atoms with E-state index in [2.05, 4.69) is 0 Å². The molecule has 0 aliphatic carbocycles. The Morgan fingerprint density at radius 2 is 1.70 bits per heavy atom. The Kier molecular flexibility index (Phi) is 3.12. The van der Waals surface area contributed by atoms with Crippen LogP contribution in [-0.4, -0.2) is 4.57 Å². The lowest BCUT2D eigenvalue weighted by Crippen LogP contribution is -2.30. The van der Waals surface area contributed by atoms with Crippen molar-refractivity contribution in [2.45, 2.75) is 0 Å². The Labute approximate surface area is 122 Å². The molecule has 0 N–H and O–H groups in total. The zero-order valence-corrected chi connectivity index (χ0v) is 11.5. The first-order valence-corrected chi connectivity index (χ1v) is 6.43. The summed E-state index contributed by atoms with van der Waals surface area (Å²) in [5, 5.41) is 1.08. The van der Waals surface area contributed by atoms with Gasteiger partial charge in [-0.25, -0.2) is 9.36 Å². The van der Waals surface area contributed by atoms with Gasteiger partial charge in [0.2, 0.25) is 0 Å². The van der Waals surface area contributed by atoms with Crippen molar-refractivity contribution in [3.63, 3.8) is 0 Å². The van der Waals surface area contributed by atoms with E-state index in [0.717, 1.165) is 4.57 Å². The van der Waals surface area contributed by atoms with Crippen LogP contribution >= 0.6 is 23.2 Å². The first-order chi connectivity index (χ1) is 9.56. The maximum atomic E-state index is 12.4. The molecule has 1 heterocycles. The molecule has 0 bridgehead atoms. The van der Waals surface area contributed by atoms with Crippen molar-refractivity contribution in [2.24, 2.45) is 0 Å². The molecule has 6 heteroatoms. The average Bonchev–Trinajstić information content (AvgIpc) is 2.38. The highest BCUT2D eigenvalue weighted by Gasteiger charge is 2.11. The van der Waals surface area contributed by atoms with Crippen molar-refractivity contribution in [2.75, 3.05) is 0 Å². The number of rotatable bonds is 1. The molecule has 0 aliphatic heterocycles. The summed E-state index contributed by atoms with van der Waals surface area (Å²) in [6.07, 6.45) is 0. The highest BCUT2D eigenvalue weighted by atomic mass is 35.5. The van der Waals surface area contributed by atoms with Crippen molar-refractivity contribution < 1.29 is 4.42 Å². The fourth-order valence-electron chi connectivity index (χ4n) is 1.94. The summed E-state index contributed by atoms with van der Waals surface area (Å²) < 4.78 is 6.06. The monoisotopic (exact) mass is 307 g/mol. The maximum Gasteiger partial charge on any atom is 0.426 e. The van der Waals surface area contributed by atoms with Crippen molar-refractivity contribution in [1.82, 2.24) is 4.57 Å². The Morgan fingerprint density at radius 3 is 2.45 bits per heavy atom. The molecular formula is C14H7Cl2NO3. The Hall–Kier alpha value is -2.04. The summed E-state index contributed by atoms with van der Waals surface area (Å²) >= 11 is 11.7. The summed E-state index contributed by atoms with van der Waals surface area (Å²) in [6.45, 7) is 0. The molecule has 100 valence electrons. The van der Waals surface area contributed by atoms with Gasteiger partial charge in [-0.3, -0.25) is 4.79 Å². The van der Waals surface area contributed by atoms with Crippen LogP contribution in [0.2, 0.25) is 10.0 Å². The molecule has 0 radical (unpaired) electrons. The number of nitrogens with zero attached hydrogens (tertiary/aromatic N) is 1. The fourth-order valence-corrected chi connectivity index (χ4v) is 2.28. The molecule has 4 nitrogen and oxygen atoms in total. The lowest BCUT2D eigenvalue weighted by atomic mass is 10.2. The van der Waals surface area contributed by atoms with Crippen molar-refractivity contribution in [3.05, 3.63) is 73.4 Å². The first kappa shape index (κ1) is 13.0. The van der Waals surface area contributed by atoms with Crippen LogP contribution in [0.1, 0.15) is 0 Å². The number of benzene rings is 2. The lowest BCUT2D eigenvalue weighted by Gasteiger charge is -2.05. The predicted octanol–water partition coefficient (Wildman–Crippen LogP) is 3.25. The van der Waals surface area contributed by atoms with E-state index in [1.807, 2.05) is 0 Å². The van der Waals surface area contributed by atoms with E-state index in [9.17, 15) is 9.59 Å². The van der Waals surface area contributed by atoms with Crippen LogP contribution in [0.3, 0.4) is 0 Å². The molecule has 0 spiro atoms. The van der Waals surface area contributed by atoms with E-state index in [1.165, 1.54) is 18.2 Å². The second-order valence-electron chi connectivity index (χ2n) is 4.13. The maximum absolute atomic E-state index is 12.4. The fraction of sp³-hybridized carbons (Fsp3) is 0. The molecule has 1 aromatic heterocycles. The third-order valence-corrected chi connectivity index (χ3v) is 3.29. The van der Waals surface area contributed by atoms with E-state index < -0.39 is 11.3 Å². The van der Waals surface area contributed by atoms with Crippen LogP contribution in [0.4, 0.5) is 0 Å². The number of halogens is 2. The highest BCUT2D eigenvalue weighted by molar-refractivity contribution is 6.31. The third-order valence-electron chi connectivity index (χ3n) is 2.82. The molecule has 20 heavy (non-hydrogen) atoms. The summed E-state index contributed by atoms with van der Waals surface area (Å²) in [4.78, 5) is 24.4. The third kappa shape index (κ3) is 2.13. The largest absolute Gasteiger partial charge is 0.426 e. The number of aromatic nitrogens is 1. The molecule has 0 fully saturated rings. The summed E-state index contributed by atoms with van der Waals surface area (Å²) in [5.41, 5.74) is 0.0362. The number of fused-ring (bicyclic) bond motifs is 1. The Bertz CT molecular complexity index is 928. The predicted molar refractivity (Wildman–Crippen MR) is 78.1 cm³/mol. The van der Waals surface area contributed by atoms with Gasteiger partial charge < -0.3 is 4.42 Å². The van der Waals surface area contributed by atoms with Gasteiger partial charge in [-0.15, -0.1) is 0 Å². The van der Waals surface area contributed by atoms with Crippen LogP contribution in [-0.2, 0) is 0 Å². The zero-order valence-electron chi connectivity index (χ0n) is 9.97. The molecular weight excluding hydrogens is 301 g/mol. The standard InChI is InChI=1S/C14H7Cl2NO3/c15-8-2-1-3-10(6-8)17-13(18)11-5-4-9(16)7-12(11)20-14(17)19/h1-7H. The van der Waals surface area contributed by atoms with E-state index >= 15 is 0 Å². The van der Waals surface area contributed by atoms with Crippen LogP contribution < -0.4 is 11.3 Å². The minimum Gasteiger partial charge on any atom is -0.409 e. The molecule has 0 saturated carbocycles. The molecule has 0 atom stereocenters. The number of hydrogen-bond donors (Lipinski definition) is 0. The zero-order chi connectivity index (χ0) is 14.3. The van der Waals surface area contributed by atoms with Crippen LogP contribution in [0.15, 0.2) is 56.5 Å². The summed E-state index contributed by atoms with van der Waals surface area (Å²) in [7, 11) is 0. The van der Waals surface area contributed by atoms with Crippen LogP contribution in [0.5, 0.6) is 0 Å². The molecule has 2 aromatic carbocycles. The quantitative estimate of drug-likeness (QED) is 0.693. The second-order valence-corrected chi connectivity index (χ2v) is 5.00. The van der Waals surface area contributed by atoms with Gasteiger partial charge in [0.1, 0.15) is 5.58 Å². The van der Waals surface area contributed by atoms with E-state index in [-0.39, 0.29) is 11.0 Å². The van der Waals surface area contributed by atoms with Gasteiger partial charge in [0.15, 0.2) is 0 Å². The van der Waals surface area contributed by atoms with Crippen molar-refractivity contribution in [1.29, 1.82) is 0 Å². The first-order valence-electron chi connectivity index (χ1n) is 5.67. The minimum atomic E-state index is -0.785. The van der Waals surface area contributed by atoms with E-state index in [4.69, 9.17) is 27.6 Å². The van der Waals surface area contributed by atoms with Gasteiger partial charge >= 0.3 is 5.76 Å². The van der Waals surface area contributed by atoms with Gasteiger partial charge in [0.25, 0.3) is 5.56 Å². The topological polar surface area (TPSA) is 52.2 Å². The lowest BCUT2D eigenvalue weighted by molar-refractivity contribution is 0.504. The molecule has 3 aromatic rings. The van der Waals surface area contributed by atoms with Gasteiger partial charge in [0, 0.05) is 16.1 Å².